The van der Waals surface area contributed by atoms with Gasteiger partial charge in [0.2, 0.25) is 0 Å². The van der Waals surface area contributed by atoms with Crippen molar-refractivity contribution >= 4 is 29.0 Å². The van der Waals surface area contributed by atoms with E-state index in [0.29, 0.717) is 46.7 Å². The van der Waals surface area contributed by atoms with Crippen molar-refractivity contribution < 1.29 is 23.1 Å². The lowest BCUT2D eigenvalue weighted by molar-refractivity contribution is -0.137. The lowest BCUT2D eigenvalue weighted by Gasteiger charge is -2.16. The summed E-state index contributed by atoms with van der Waals surface area (Å²) in [6.45, 7) is 6.89. The van der Waals surface area contributed by atoms with Crippen molar-refractivity contribution in [1.29, 1.82) is 0 Å². The summed E-state index contributed by atoms with van der Waals surface area (Å²) in [6.07, 6.45) is -2.10. The Hall–Kier alpha value is -2.54. The normalized spacial score (nSPS) is 12.2. The number of rotatable bonds is 6. The predicted molar refractivity (Wildman–Crippen MR) is 118 cm³/mol. The van der Waals surface area contributed by atoms with E-state index in [0.717, 1.165) is 18.6 Å². The van der Waals surface area contributed by atoms with Gasteiger partial charge < -0.3 is 10.4 Å². The molecule has 0 aliphatic heterocycles. The molecule has 0 spiro atoms. The third-order valence-corrected chi connectivity index (χ3v) is 5.08. The SMILES string of the molecule is CCCCc1cc(C(F)(F)F)cc(CC)c1N=C(C)NC(=O)c1cc(Cl)cc(C)c1O. The molecule has 2 aromatic carbocycles. The number of aliphatic imine (C=N–C) groups is 1. The number of hydrogen-bond acceptors (Lipinski definition) is 3. The first-order chi connectivity index (χ1) is 14.5. The molecular weight excluding hydrogens is 429 g/mol. The number of aromatic hydroxyl groups is 1. The second-order valence-corrected chi connectivity index (χ2v) is 7.80. The highest BCUT2D eigenvalue weighted by Crippen LogP contribution is 2.36. The van der Waals surface area contributed by atoms with Gasteiger partial charge in [0.25, 0.3) is 5.91 Å². The quantitative estimate of drug-likeness (QED) is 0.374. The molecule has 0 aliphatic rings. The minimum Gasteiger partial charge on any atom is -0.507 e. The zero-order valence-corrected chi connectivity index (χ0v) is 18.7. The number of carbonyl (C=O) groups excluding carboxylic acids is 1. The van der Waals surface area contributed by atoms with Gasteiger partial charge >= 0.3 is 6.18 Å². The lowest BCUT2D eigenvalue weighted by Crippen LogP contribution is -2.28. The maximum atomic E-state index is 13.3. The predicted octanol–water partition coefficient (Wildman–Crippen LogP) is 6.76. The van der Waals surface area contributed by atoms with Crippen LogP contribution in [0, 0.1) is 6.92 Å². The Morgan fingerprint density at radius 2 is 1.81 bits per heavy atom. The Bertz CT molecular complexity index is 1000. The lowest BCUT2D eigenvalue weighted by atomic mass is 9.97. The van der Waals surface area contributed by atoms with Gasteiger partial charge in [-0.05, 0) is 74.1 Å². The maximum absolute atomic E-state index is 13.3. The van der Waals surface area contributed by atoms with Crippen molar-refractivity contribution in [3.05, 3.63) is 57.1 Å². The molecule has 0 saturated heterocycles. The molecule has 0 bridgehead atoms. The van der Waals surface area contributed by atoms with Crippen LogP contribution in [0.1, 0.15) is 66.2 Å². The van der Waals surface area contributed by atoms with E-state index in [-0.39, 0.29) is 17.1 Å². The number of phenols is 1. The second kappa shape index (κ2) is 10.2. The van der Waals surface area contributed by atoms with E-state index in [1.165, 1.54) is 12.1 Å². The van der Waals surface area contributed by atoms with Crippen LogP contribution < -0.4 is 5.32 Å². The smallest absolute Gasteiger partial charge is 0.416 e. The van der Waals surface area contributed by atoms with Gasteiger partial charge in [0.1, 0.15) is 11.6 Å². The summed E-state index contributed by atoms with van der Waals surface area (Å²) in [4.78, 5) is 17.1. The number of halogens is 4. The van der Waals surface area contributed by atoms with Crippen molar-refractivity contribution in [2.24, 2.45) is 4.99 Å². The van der Waals surface area contributed by atoms with Crippen LogP contribution in [-0.2, 0) is 19.0 Å². The van der Waals surface area contributed by atoms with Gasteiger partial charge in [-0.2, -0.15) is 13.2 Å². The van der Waals surface area contributed by atoms with Crippen LogP contribution in [0.5, 0.6) is 5.75 Å². The van der Waals surface area contributed by atoms with Crippen molar-refractivity contribution in [2.45, 2.75) is 59.6 Å². The van der Waals surface area contributed by atoms with Crippen LogP contribution in [-0.4, -0.2) is 16.8 Å². The standard InChI is InChI=1S/C23H26ClF3N2O2/c1-5-7-8-16-11-17(23(25,26)27)10-15(6-2)20(16)28-14(4)29-22(31)19-12-18(24)9-13(3)21(19)30/h9-12,30H,5-8H2,1-4H3,(H,28,29,31). The summed E-state index contributed by atoms with van der Waals surface area (Å²) in [7, 11) is 0. The van der Waals surface area contributed by atoms with Gasteiger partial charge in [0.15, 0.2) is 0 Å². The number of alkyl halides is 3. The van der Waals surface area contributed by atoms with E-state index in [2.05, 4.69) is 10.3 Å². The Balaban J connectivity index is 2.45. The molecule has 31 heavy (non-hydrogen) atoms. The molecule has 0 fully saturated rings. The van der Waals surface area contributed by atoms with Crippen molar-refractivity contribution in [3.63, 3.8) is 0 Å². The van der Waals surface area contributed by atoms with Crippen LogP contribution in [0.25, 0.3) is 0 Å². The molecule has 2 aromatic rings. The Kier molecular flexibility index (Phi) is 8.12. The first kappa shape index (κ1) is 24.7. The molecular formula is C23H26ClF3N2O2. The highest BCUT2D eigenvalue weighted by Gasteiger charge is 2.32. The summed E-state index contributed by atoms with van der Waals surface area (Å²) in [5.41, 5.74) is 1.13. The molecule has 0 unspecified atom stereocenters. The molecule has 0 aliphatic carbocycles. The Morgan fingerprint density at radius 1 is 1.16 bits per heavy atom. The summed E-state index contributed by atoms with van der Waals surface area (Å²) in [5.74, 6) is -0.597. The van der Waals surface area contributed by atoms with Crippen LogP contribution in [0.2, 0.25) is 5.02 Å². The van der Waals surface area contributed by atoms with Crippen molar-refractivity contribution in [2.75, 3.05) is 0 Å². The molecule has 8 heteroatoms. The van der Waals surface area contributed by atoms with E-state index >= 15 is 0 Å². The number of phenolic OH excluding ortho intramolecular Hbond substituents is 1. The largest absolute Gasteiger partial charge is 0.507 e. The van der Waals surface area contributed by atoms with E-state index in [1.807, 2.05) is 6.92 Å². The van der Waals surface area contributed by atoms with E-state index in [4.69, 9.17) is 11.6 Å². The molecule has 2 N–H and O–H groups in total. The highest BCUT2D eigenvalue weighted by molar-refractivity contribution is 6.31. The minimum atomic E-state index is -4.45. The topological polar surface area (TPSA) is 61.7 Å². The molecule has 4 nitrogen and oxygen atoms in total. The first-order valence-electron chi connectivity index (χ1n) is 10.1. The Labute approximate surface area is 185 Å². The number of benzene rings is 2. The molecule has 0 radical (unpaired) electrons. The average Bonchev–Trinajstić information content (AvgIpc) is 2.68. The second-order valence-electron chi connectivity index (χ2n) is 7.37. The monoisotopic (exact) mass is 454 g/mol. The number of hydrogen-bond donors (Lipinski definition) is 2. The van der Waals surface area contributed by atoms with Gasteiger partial charge in [-0.3, -0.25) is 4.79 Å². The molecule has 0 aromatic heterocycles. The fraction of sp³-hybridized carbons (Fsp3) is 0.391. The van der Waals surface area contributed by atoms with Gasteiger partial charge in [0, 0.05) is 5.02 Å². The third-order valence-electron chi connectivity index (χ3n) is 4.86. The number of nitrogens with zero attached hydrogens (tertiary/aromatic N) is 1. The van der Waals surface area contributed by atoms with E-state index < -0.39 is 17.6 Å². The number of unbranched alkanes of at least 4 members (excludes halogenated alkanes) is 1. The van der Waals surface area contributed by atoms with Crippen molar-refractivity contribution in [1.82, 2.24) is 5.32 Å². The van der Waals surface area contributed by atoms with Crippen LogP contribution in [0.3, 0.4) is 0 Å². The van der Waals surface area contributed by atoms with E-state index in [9.17, 15) is 23.1 Å². The zero-order chi connectivity index (χ0) is 23.3. The van der Waals surface area contributed by atoms with E-state index in [1.54, 1.807) is 20.8 Å². The van der Waals surface area contributed by atoms with Gasteiger partial charge in [-0.1, -0.05) is 31.9 Å². The summed E-state index contributed by atoms with van der Waals surface area (Å²) >= 11 is 5.98. The zero-order valence-electron chi connectivity index (χ0n) is 18.0. The third kappa shape index (κ3) is 6.23. The number of aryl methyl sites for hydroxylation is 3. The average molecular weight is 455 g/mol. The van der Waals surface area contributed by atoms with Gasteiger partial charge in [-0.15, -0.1) is 0 Å². The Morgan fingerprint density at radius 3 is 2.39 bits per heavy atom. The summed E-state index contributed by atoms with van der Waals surface area (Å²) in [6, 6.07) is 5.11. The molecule has 2 rings (SSSR count). The van der Waals surface area contributed by atoms with Gasteiger partial charge in [0.05, 0.1) is 16.8 Å². The fourth-order valence-corrected chi connectivity index (χ4v) is 3.50. The van der Waals surface area contributed by atoms with Crippen molar-refractivity contribution in [3.8, 4) is 5.75 Å². The number of carbonyl (C=O) groups is 1. The van der Waals surface area contributed by atoms with Crippen LogP contribution >= 0.6 is 11.6 Å². The molecule has 0 saturated carbocycles. The molecule has 168 valence electrons. The number of nitrogens with one attached hydrogen (secondary N) is 1. The number of amides is 1. The van der Waals surface area contributed by atoms with Gasteiger partial charge in [-0.25, -0.2) is 4.99 Å². The summed E-state index contributed by atoms with van der Waals surface area (Å²) in [5, 5.41) is 13.0. The molecule has 0 heterocycles. The molecule has 1 amide bonds. The molecule has 0 atom stereocenters. The fourth-order valence-electron chi connectivity index (χ4n) is 3.23. The maximum Gasteiger partial charge on any atom is 0.416 e. The minimum absolute atomic E-state index is 0.00566. The van der Waals surface area contributed by atoms with Crippen LogP contribution in [0.4, 0.5) is 18.9 Å². The number of amidine groups is 1. The summed E-state index contributed by atoms with van der Waals surface area (Å²) < 4.78 is 40.0. The first-order valence-corrected chi connectivity index (χ1v) is 10.4. The highest BCUT2D eigenvalue weighted by atomic mass is 35.5. The van der Waals surface area contributed by atoms with Crippen LogP contribution in [0.15, 0.2) is 29.3 Å².